The largest absolute Gasteiger partial charge is 0.509 e. The highest BCUT2D eigenvalue weighted by Gasteiger charge is 2.19. The molecular formula is C28H59NO2P+. The Bertz CT molecular complexity index is 378. The second-order valence-corrected chi connectivity index (χ2v) is 11.2. The van der Waals surface area contributed by atoms with Crippen LogP contribution in [-0.4, -0.2) is 25.9 Å². The molecule has 2 unspecified atom stereocenters. The summed E-state index contributed by atoms with van der Waals surface area (Å²) in [6.45, 7) is 9.26. The summed E-state index contributed by atoms with van der Waals surface area (Å²) in [4.78, 5) is 0. The molecule has 0 bridgehead atoms. The van der Waals surface area contributed by atoms with E-state index in [1.54, 1.807) is 0 Å². The van der Waals surface area contributed by atoms with E-state index in [1.165, 1.54) is 122 Å². The van der Waals surface area contributed by atoms with E-state index >= 15 is 0 Å². The highest BCUT2D eigenvalue weighted by atomic mass is 31.1. The molecular weight excluding hydrogens is 413 g/mol. The molecule has 0 aromatic rings. The minimum Gasteiger partial charge on any atom is -0.313 e. The highest BCUT2D eigenvalue weighted by Crippen LogP contribution is 2.24. The Hall–Kier alpha value is 0.0200. The van der Waals surface area contributed by atoms with Gasteiger partial charge in [-0.1, -0.05) is 136 Å². The van der Waals surface area contributed by atoms with Gasteiger partial charge in [0, 0.05) is 6.54 Å². The summed E-state index contributed by atoms with van der Waals surface area (Å²) in [6, 6.07) is 0. The van der Waals surface area contributed by atoms with Gasteiger partial charge in [-0.3, -0.25) is 0 Å². The third kappa shape index (κ3) is 24.7. The second kappa shape index (κ2) is 27.3. The Morgan fingerprint density at radius 2 is 1.09 bits per heavy atom. The van der Waals surface area contributed by atoms with Crippen molar-refractivity contribution in [1.82, 2.24) is 5.32 Å². The quantitative estimate of drug-likeness (QED) is 0.0954. The van der Waals surface area contributed by atoms with Crippen LogP contribution in [0.1, 0.15) is 149 Å². The van der Waals surface area contributed by atoms with Crippen LogP contribution in [0.2, 0.25) is 0 Å². The van der Waals surface area contributed by atoms with Gasteiger partial charge in [0.1, 0.15) is 6.61 Å². The van der Waals surface area contributed by atoms with Gasteiger partial charge in [0.25, 0.3) is 0 Å². The zero-order valence-corrected chi connectivity index (χ0v) is 23.2. The molecule has 192 valence electrons. The molecule has 0 amide bonds. The fourth-order valence-electron chi connectivity index (χ4n) is 4.24. The van der Waals surface area contributed by atoms with E-state index in [9.17, 15) is 4.57 Å². The first kappa shape index (κ1) is 32.0. The molecule has 0 aromatic carbocycles. The van der Waals surface area contributed by atoms with Crippen LogP contribution in [0.25, 0.3) is 0 Å². The van der Waals surface area contributed by atoms with Gasteiger partial charge in [-0.2, -0.15) is 0 Å². The Balaban J connectivity index is 3.22. The van der Waals surface area contributed by atoms with Crippen LogP contribution >= 0.6 is 8.03 Å². The summed E-state index contributed by atoms with van der Waals surface area (Å²) < 4.78 is 17.6. The smallest absolute Gasteiger partial charge is 0.313 e. The molecule has 0 spiro atoms. The predicted molar refractivity (Wildman–Crippen MR) is 144 cm³/mol. The molecule has 4 heteroatoms. The monoisotopic (exact) mass is 472 g/mol. The van der Waals surface area contributed by atoms with Crippen molar-refractivity contribution >= 4 is 8.03 Å². The SMILES string of the molecule is CCCCCCCCCCCCCCCCCCNCC[P+](=O)OCC(CC)CCCC. The molecule has 0 saturated heterocycles. The van der Waals surface area contributed by atoms with Crippen LogP contribution in [0.4, 0.5) is 0 Å². The predicted octanol–water partition coefficient (Wildman–Crippen LogP) is 9.81. The first-order valence-corrected chi connectivity index (χ1v) is 15.9. The van der Waals surface area contributed by atoms with Crippen molar-refractivity contribution < 1.29 is 9.09 Å². The maximum atomic E-state index is 12.0. The van der Waals surface area contributed by atoms with Crippen molar-refractivity contribution in [3.8, 4) is 0 Å². The standard InChI is InChI=1S/C28H59NO2P/c1-4-7-9-10-11-12-13-14-15-16-17-18-19-20-21-22-24-29-25-26-32(30)31-27-28(6-3)23-8-5-2/h28-29H,4-27H2,1-3H3/q+1. The summed E-state index contributed by atoms with van der Waals surface area (Å²) in [5, 5.41) is 3.44. The van der Waals surface area contributed by atoms with E-state index in [4.69, 9.17) is 4.52 Å². The van der Waals surface area contributed by atoms with Gasteiger partial charge in [-0.15, -0.1) is 4.52 Å². The summed E-state index contributed by atoms with van der Waals surface area (Å²) in [5.41, 5.74) is 0. The average Bonchev–Trinajstić information content (AvgIpc) is 2.80. The summed E-state index contributed by atoms with van der Waals surface area (Å²) in [7, 11) is -1.49. The number of nitrogens with one attached hydrogen (secondary N) is 1. The molecule has 0 saturated carbocycles. The van der Waals surface area contributed by atoms with E-state index in [2.05, 4.69) is 26.1 Å². The van der Waals surface area contributed by atoms with Crippen LogP contribution in [-0.2, 0) is 9.09 Å². The normalized spacial score (nSPS) is 12.9. The van der Waals surface area contributed by atoms with Crippen LogP contribution in [0, 0.1) is 5.92 Å². The number of rotatable bonds is 27. The minimum atomic E-state index is -1.49. The van der Waals surface area contributed by atoms with Crippen LogP contribution < -0.4 is 5.32 Å². The second-order valence-electron chi connectivity index (χ2n) is 9.82. The lowest BCUT2D eigenvalue weighted by molar-refractivity contribution is 0.243. The molecule has 0 radical (unpaired) electrons. The topological polar surface area (TPSA) is 38.3 Å². The van der Waals surface area contributed by atoms with Gasteiger partial charge >= 0.3 is 8.03 Å². The number of unbranched alkanes of at least 4 members (excludes halogenated alkanes) is 16. The Morgan fingerprint density at radius 1 is 0.625 bits per heavy atom. The lowest BCUT2D eigenvalue weighted by Crippen LogP contribution is -2.18. The molecule has 0 aliphatic rings. The van der Waals surface area contributed by atoms with E-state index in [0.717, 1.165) is 19.5 Å². The Labute approximate surface area is 203 Å². The molecule has 2 atom stereocenters. The van der Waals surface area contributed by atoms with Crippen molar-refractivity contribution in [2.45, 2.75) is 149 Å². The molecule has 0 aromatic heterocycles. The maximum absolute atomic E-state index is 12.0. The van der Waals surface area contributed by atoms with E-state index < -0.39 is 8.03 Å². The van der Waals surface area contributed by atoms with Gasteiger partial charge in [-0.25, -0.2) is 0 Å². The van der Waals surface area contributed by atoms with E-state index in [0.29, 0.717) is 18.7 Å². The summed E-state index contributed by atoms with van der Waals surface area (Å²) in [6.07, 6.45) is 28.0. The van der Waals surface area contributed by atoms with Crippen molar-refractivity contribution in [3.63, 3.8) is 0 Å². The maximum Gasteiger partial charge on any atom is 0.509 e. The fraction of sp³-hybridized carbons (Fsp3) is 1.00. The van der Waals surface area contributed by atoms with Crippen molar-refractivity contribution in [2.75, 3.05) is 25.9 Å². The average molecular weight is 473 g/mol. The van der Waals surface area contributed by atoms with Crippen LogP contribution in [0.15, 0.2) is 0 Å². The Kier molecular flexibility index (Phi) is 27.3. The summed E-state index contributed by atoms with van der Waals surface area (Å²) >= 11 is 0. The molecule has 0 aliphatic carbocycles. The lowest BCUT2D eigenvalue weighted by Gasteiger charge is -2.09. The molecule has 0 heterocycles. The van der Waals surface area contributed by atoms with E-state index in [-0.39, 0.29) is 0 Å². The molecule has 1 N–H and O–H groups in total. The van der Waals surface area contributed by atoms with Gasteiger partial charge < -0.3 is 5.32 Å². The Morgan fingerprint density at radius 3 is 1.56 bits per heavy atom. The van der Waals surface area contributed by atoms with Crippen molar-refractivity contribution in [1.29, 1.82) is 0 Å². The summed E-state index contributed by atoms with van der Waals surface area (Å²) in [5.74, 6) is 0.576. The van der Waals surface area contributed by atoms with Crippen molar-refractivity contribution in [3.05, 3.63) is 0 Å². The van der Waals surface area contributed by atoms with E-state index in [1.807, 2.05) is 0 Å². The molecule has 0 rings (SSSR count). The number of hydrogen-bond donors (Lipinski definition) is 1. The molecule has 32 heavy (non-hydrogen) atoms. The van der Waals surface area contributed by atoms with Gasteiger partial charge in [0.2, 0.25) is 0 Å². The van der Waals surface area contributed by atoms with Gasteiger partial charge in [-0.05, 0) is 29.9 Å². The first-order valence-electron chi connectivity index (χ1n) is 14.5. The molecule has 3 nitrogen and oxygen atoms in total. The third-order valence-electron chi connectivity index (χ3n) is 6.68. The minimum absolute atomic E-state index is 0.576. The molecule has 0 aliphatic heterocycles. The fourth-order valence-corrected chi connectivity index (χ4v) is 5.09. The van der Waals surface area contributed by atoms with Crippen LogP contribution in [0.3, 0.4) is 0 Å². The first-order chi connectivity index (χ1) is 15.7. The third-order valence-corrected chi connectivity index (χ3v) is 7.70. The number of hydrogen-bond acceptors (Lipinski definition) is 3. The lowest BCUT2D eigenvalue weighted by atomic mass is 10.0. The van der Waals surface area contributed by atoms with Gasteiger partial charge in [0.05, 0.1) is 0 Å². The molecule has 0 fully saturated rings. The highest BCUT2D eigenvalue weighted by molar-refractivity contribution is 7.39. The van der Waals surface area contributed by atoms with Crippen LogP contribution in [0.5, 0.6) is 0 Å². The zero-order valence-electron chi connectivity index (χ0n) is 22.3. The zero-order chi connectivity index (χ0) is 23.5. The van der Waals surface area contributed by atoms with Gasteiger partial charge in [0.15, 0.2) is 6.16 Å². The van der Waals surface area contributed by atoms with Crippen molar-refractivity contribution in [2.24, 2.45) is 5.92 Å².